The zero-order valence-corrected chi connectivity index (χ0v) is 8.83. The minimum absolute atomic E-state index is 0. The summed E-state index contributed by atoms with van der Waals surface area (Å²) in [5.41, 5.74) is 6.54. The number of nitrogens with one attached hydrogen (secondary N) is 1. The Labute approximate surface area is 90.8 Å². The van der Waals surface area contributed by atoms with Gasteiger partial charge in [0.1, 0.15) is 0 Å². The first kappa shape index (κ1) is 12.9. The molecule has 1 aliphatic rings. The average Bonchev–Trinajstić information content (AvgIpc) is 2.77. The van der Waals surface area contributed by atoms with Gasteiger partial charge in [-0.3, -0.25) is 4.99 Å². The van der Waals surface area contributed by atoms with Gasteiger partial charge >= 0.3 is 0 Å². The van der Waals surface area contributed by atoms with Gasteiger partial charge in [-0.15, -0.1) is 12.4 Å². The molecule has 0 saturated carbocycles. The second-order valence-corrected chi connectivity index (χ2v) is 2.68. The van der Waals surface area contributed by atoms with Crippen LogP contribution < -0.4 is 11.1 Å². The molecule has 14 heavy (non-hydrogen) atoms. The normalized spacial score (nSPS) is 12.1. The summed E-state index contributed by atoms with van der Waals surface area (Å²) in [4.78, 5) is 3.85. The molecule has 0 aliphatic carbocycles. The van der Waals surface area contributed by atoms with Gasteiger partial charge in [-0.2, -0.15) is 0 Å². The first-order valence-corrected chi connectivity index (χ1v) is 4.39. The van der Waals surface area contributed by atoms with E-state index in [4.69, 9.17) is 5.73 Å². The lowest BCUT2D eigenvalue weighted by atomic mass is 10.2. The third-order valence-electron chi connectivity index (χ3n) is 1.65. The summed E-state index contributed by atoms with van der Waals surface area (Å²) in [6, 6.07) is 9.99. The maximum atomic E-state index is 5.35. The quantitative estimate of drug-likeness (QED) is 0.736. The Hall–Kier alpha value is -1.06. The summed E-state index contributed by atoms with van der Waals surface area (Å²) in [7, 11) is 0. The Balaban J connectivity index is 0.000000246. The van der Waals surface area contributed by atoms with Crippen LogP contribution in [0.25, 0.3) is 0 Å². The van der Waals surface area contributed by atoms with Gasteiger partial charge in [0, 0.05) is 13.1 Å². The highest BCUT2D eigenvalue weighted by atomic mass is 35.5. The Morgan fingerprint density at radius 1 is 1.29 bits per heavy atom. The van der Waals surface area contributed by atoms with Crippen molar-refractivity contribution in [3.63, 3.8) is 0 Å². The van der Waals surface area contributed by atoms with Crippen LogP contribution in [0.3, 0.4) is 0 Å². The predicted octanol–water partition coefficient (Wildman–Crippen LogP) is 1.18. The highest BCUT2D eigenvalue weighted by molar-refractivity contribution is 5.85. The third kappa shape index (κ3) is 5.56. The lowest BCUT2D eigenvalue weighted by molar-refractivity contribution is 0.965. The highest BCUT2D eigenvalue weighted by Crippen LogP contribution is 1.94. The molecule has 4 heteroatoms. The molecule has 0 atom stereocenters. The van der Waals surface area contributed by atoms with Crippen molar-refractivity contribution in [1.29, 1.82) is 0 Å². The number of halogens is 1. The monoisotopic (exact) mass is 213 g/mol. The van der Waals surface area contributed by atoms with E-state index in [1.165, 1.54) is 5.56 Å². The largest absolute Gasteiger partial charge is 0.375 e. The molecule has 78 valence electrons. The first-order valence-electron chi connectivity index (χ1n) is 4.39. The van der Waals surface area contributed by atoms with E-state index in [-0.39, 0.29) is 12.4 Å². The minimum atomic E-state index is 0. The predicted molar refractivity (Wildman–Crippen MR) is 62.9 cm³/mol. The molecule has 3 nitrogen and oxygen atoms in total. The molecule has 1 heterocycles. The van der Waals surface area contributed by atoms with Gasteiger partial charge in [-0.05, 0) is 5.56 Å². The highest BCUT2D eigenvalue weighted by Gasteiger charge is 1.82. The van der Waals surface area contributed by atoms with Crippen LogP contribution in [0.15, 0.2) is 35.3 Å². The van der Waals surface area contributed by atoms with Crippen molar-refractivity contribution in [3.05, 3.63) is 35.9 Å². The topological polar surface area (TPSA) is 50.4 Å². The SMILES string of the molecule is C1=NCCN1.Cl.NCc1ccccc1. The van der Waals surface area contributed by atoms with Crippen LogP contribution in [0, 0.1) is 0 Å². The van der Waals surface area contributed by atoms with Crippen molar-refractivity contribution >= 4 is 18.7 Å². The fourth-order valence-electron chi connectivity index (χ4n) is 0.937. The molecule has 0 bridgehead atoms. The van der Waals surface area contributed by atoms with Crippen LogP contribution in [0.2, 0.25) is 0 Å². The minimum Gasteiger partial charge on any atom is -0.375 e. The number of nitrogens with zero attached hydrogens (tertiary/aromatic N) is 1. The summed E-state index contributed by atoms with van der Waals surface area (Å²) in [5.74, 6) is 0. The summed E-state index contributed by atoms with van der Waals surface area (Å²) in [5, 5.41) is 2.93. The molecule has 0 fully saturated rings. The van der Waals surface area contributed by atoms with E-state index in [0.717, 1.165) is 13.1 Å². The average molecular weight is 214 g/mol. The second-order valence-electron chi connectivity index (χ2n) is 2.68. The van der Waals surface area contributed by atoms with Crippen molar-refractivity contribution in [2.24, 2.45) is 10.7 Å². The van der Waals surface area contributed by atoms with Crippen LogP contribution in [-0.4, -0.2) is 19.4 Å². The zero-order chi connectivity index (χ0) is 9.36. The van der Waals surface area contributed by atoms with Crippen molar-refractivity contribution < 1.29 is 0 Å². The van der Waals surface area contributed by atoms with Crippen molar-refractivity contribution in [1.82, 2.24) is 5.32 Å². The number of benzene rings is 1. The van der Waals surface area contributed by atoms with E-state index in [9.17, 15) is 0 Å². The van der Waals surface area contributed by atoms with E-state index in [1.54, 1.807) is 6.34 Å². The summed E-state index contributed by atoms with van der Waals surface area (Å²) in [6.07, 6.45) is 1.74. The van der Waals surface area contributed by atoms with Crippen LogP contribution in [0.1, 0.15) is 5.56 Å². The summed E-state index contributed by atoms with van der Waals surface area (Å²) in [6.45, 7) is 2.63. The van der Waals surface area contributed by atoms with Crippen LogP contribution in [0.4, 0.5) is 0 Å². The van der Waals surface area contributed by atoms with E-state index >= 15 is 0 Å². The van der Waals surface area contributed by atoms with Crippen molar-refractivity contribution in [3.8, 4) is 0 Å². The molecule has 0 unspecified atom stereocenters. The van der Waals surface area contributed by atoms with Gasteiger partial charge in [-0.25, -0.2) is 0 Å². The van der Waals surface area contributed by atoms with Gasteiger partial charge in [-0.1, -0.05) is 30.3 Å². The summed E-state index contributed by atoms with van der Waals surface area (Å²) < 4.78 is 0. The standard InChI is InChI=1S/C7H9N.C3H6N2.ClH/c8-6-7-4-2-1-3-5-7;1-2-5-3-4-1;/h1-5H,6,8H2;3H,1-2H2,(H,4,5);1H. The fourth-order valence-corrected chi connectivity index (χ4v) is 0.937. The molecular weight excluding hydrogens is 198 g/mol. The van der Waals surface area contributed by atoms with E-state index in [2.05, 4.69) is 10.3 Å². The maximum Gasteiger partial charge on any atom is 0.0825 e. The molecule has 3 N–H and O–H groups in total. The molecule has 0 spiro atoms. The van der Waals surface area contributed by atoms with Crippen LogP contribution in [0.5, 0.6) is 0 Å². The number of rotatable bonds is 1. The van der Waals surface area contributed by atoms with E-state index in [1.807, 2.05) is 30.3 Å². The van der Waals surface area contributed by atoms with E-state index in [0.29, 0.717) is 6.54 Å². The first-order chi connectivity index (χ1) is 6.43. The molecule has 0 saturated heterocycles. The van der Waals surface area contributed by atoms with Crippen LogP contribution in [-0.2, 0) is 6.54 Å². The smallest absolute Gasteiger partial charge is 0.0825 e. The molecule has 1 aromatic rings. The van der Waals surface area contributed by atoms with Gasteiger partial charge < -0.3 is 11.1 Å². The molecular formula is C10H16ClN3. The Bertz CT molecular complexity index is 243. The number of hydrogen-bond acceptors (Lipinski definition) is 3. The number of aliphatic imine (C=N–C) groups is 1. The molecule has 0 radical (unpaired) electrons. The summed E-state index contributed by atoms with van der Waals surface area (Å²) >= 11 is 0. The van der Waals surface area contributed by atoms with Gasteiger partial charge in [0.25, 0.3) is 0 Å². The van der Waals surface area contributed by atoms with Crippen LogP contribution >= 0.6 is 12.4 Å². The van der Waals surface area contributed by atoms with Gasteiger partial charge in [0.2, 0.25) is 0 Å². The Morgan fingerprint density at radius 2 is 2.00 bits per heavy atom. The van der Waals surface area contributed by atoms with Crippen molar-refractivity contribution in [2.75, 3.05) is 13.1 Å². The lowest BCUT2D eigenvalue weighted by Crippen LogP contribution is -2.04. The second kappa shape index (κ2) is 8.53. The van der Waals surface area contributed by atoms with Crippen molar-refractivity contribution in [2.45, 2.75) is 6.54 Å². The molecule has 1 aromatic carbocycles. The van der Waals surface area contributed by atoms with Gasteiger partial charge in [0.15, 0.2) is 0 Å². The molecule has 2 rings (SSSR count). The maximum absolute atomic E-state index is 5.35. The number of nitrogens with two attached hydrogens (primary N) is 1. The lowest BCUT2D eigenvalue weighted by Gasteiger charge is -1.90. The Kier molecular flexibility index (Phi) is 7.89. The molecule has 0 amide bonds. The number of hydrogen-bond donors (Lipinski definition) is 2. The Morgan fingerprint density at radius 3 is 2.29 bits per heavy atom. The molecule has 0 aromatic heterocycles. The fraction of sp³-hybridized carbons (Fsp3) is 0.300. The van der Waals surface area contributed by atoms with Gasteiger partial charge in [0.05, 0.1) is 12.9 Å². The van der Waals surface area contributed by atoms with E-state index < -0.39 is 0 Å². The molecule has 1 aliphatic heterocycles. The zero-order valence-electron chi connectivity index (χ0n) is 8.02. The third-order valence-corrected chi connectivity index (χ3v) is 1.65.